The van der Waals surface area contributed by atoms with Crippen LogP contribution in [0.2, 0.25) is 0 Å². The van der Waals surface area contributed by atoms with E-state index in [-0.39, 0.29) is 0 Å². The topological polar surface area (TPSA) is 67.3 Å². The summed E-state index contributed by atoms with van der Waals surface area (Å²) in [5.74, 6) is 0. The molecule has 17 rings (SSSR count). The zero-order chi connectivity index (χ0) is 54.9. The van der Waals surface area contributed by atoms with Crippen LogP contribution < -0.4 is 0 Å². The molecule has 0 aliphatic rings. The first-order chi connectivity index (χ1) is 40.2. The van der Waals surface area contributed by atoms with E-state index in [9.17, 15) is 10.5 Å². The summed E-state index contributed by atoms with van der Waals surface area (Å²) >= 11 is 3.63. The van der Waals surface area contributed by atoms with Crippen molar-refractivity contribution in [3.05, 3.63) is 241 Å². The van der Waals surface area contributed by atoms with Crippen LogP contribution in [-0.2, 0) is 11.1 Å². The van der Waals surface area contributed by atoms with Gasteiger partial charge in [-0.2, -0.15) is 10.5 Å². The number of nitrogens with zero attached hydrogens (tertiary/aromatic N) is 6. The van der Waals surface area contributed by atoms with E-state index >= 15 is 0 Å². The second-order valence-corrected chi connectivity index (χ2v) is 25.0. The Morgan fingerprint density at radius 3 is 0.963 bits per heavy atom. The van der Waals surface area contributed by atoms with Gasteiger partial charge in [0, 0.05) is 117 Å². The van der Waals surface area contributed by atoms with E-state index < -0.39 is 11.1 Å². The predicted octanol–water partition coefficient (Wildman–Crippen LogP) is 20.1. The van der Waals surface area contributed by atoms with Crippen molar-refractivity contribution < 1.29 is 0 Å². The minimum Gasteiger partial charge on any atom is -0.331 e. The molecule has 17 aromatic rings. The van der Waals surface area contributed by atoms with Gasteiger partial charge in [0.1, 0.15) is 12.1 Å². The van der Waals surface area contributed by atoms with Crippen LogP contribution in [0.3, 0.4) is 0 Å². The molecule has 11 aromatic carbocycles. The van der Waals surface area contributed by atoms with Crippen molar-refractivity contribution in [1.29, 1.82) is 10.5 Å². The third-order valence-corrected chi connectivity index (χ3v) is 20.2. The molecule has 0 unspecified atom stereocenters. The molecule has 0 fully saturated rings. The van der Waals surface area contributed by atoms with E-state index in [2.05, 4.69) is 276 Å². The highest BCUT2D eigenvalue weighted by atomic mass is 32.1. The zero-order valence-electron chi connectivity index (χ0n) is 45.3. The van der Waals surface area contributed by atoms with Crippen LogP contribution in [0.4, 0.5) is 0 Å². The van der Waals surface area contributed by atoms with Crippen LogP contribution in [0, 0.1) is 22.7 Å². The van der Waals surface area contributed by atoms with Crippen LogP contribution in [0.1, 0.15) is 49.9 Å². The van der Waals surface area contributed by atoms with Crippen molar-refractivity contribution in [2.45, 2.75) is 38.8 Å². The maximum atomic E-state index is 12.9. The average molecular weight is 1090 g/mol. The summed E-state index contributed by atoms with van der Waals surface area (Å²) in [4.78, 5) is 0. The van der Waals surface area contributed by atoms with E-state index in [0.717, 1.165) is 104 Å². The first-order valence-corrected chi connectivity index (χ1v) is 29.5. The Bertz CT molecular complexity index is 5420. The Labute approximate surface area is 479 Å². The predicted molar refractivity (Wildman–Crippen MR) is 346 cm³/mol. The smallest absolute Gasteiger partial charge is 0.102 e. The Morgan fingerprint density at radius 1 is 0.293 bits per heavy atom. The summed E-state index contributed by atoms with van der Waals surface area (Å²) in [6.45, 7) is 9.05. The van der Waals surface area contributed by atoms with Crippen molar-refractivity contribution in [3.8, 4) is 23.5 Å². The highest BCUT2D eigenvalue weighted by Crippen LogP contribution is 2.54. The lowest BCUT2D eigenvalue weighted by molar-refractivity contribution is 0.451. The first-order valence-electron chi connectivity index (χ1n) is 27.9. The number of rotatable bonds is 6. The normalized spacial score (nSPS) is 12.6. The molecule has 0 N–H and O–H groups in total. The van der Waals surface area contributed by atoms with Crippen LogP contribution in [0.15, 0.2) is 218 Å². The Hall–Kier alpha value is -9.96. The van der Waals surface area contributed by atoms with Gasteiger partial charge in [-0.3, -0.25) is 0 Å². The quantitative estimate of drug-likeness (QED) is 0.166. The molecule has 0 saturated heterocycles. The fourth-order valence-electron chi connectivity index (χ4n) is 14.9. The Morgan fingerprint density at radius 2 is 0.598 bits per heavy atom. The SMILES string of the molecule is CC(C)(c1c(C#N)c(-n2c3ccccc3c3c4c(ccc32)sc2ccccc24)c(C(C)(C)n2c3ccccc3c3ccccc32)c(-n2c3ccccc3c3c4c(ccc32)sc2ccccc24)c1C#N)n1c2ccccc2c2ccccc21. The monoisotopic (exact) mass is 1080 g/mol. The van der Waals surface area contributed by atoms with Gasteiger partial charge in [-0.1, -0.05) is 146 Å². The molecule has 0 amide bonds. The van der Waals surface area contributed by atoms with Crippen molar-refractivity contribution in [2.24, 2.45) is 0 Å². The Balaban J connectivity index is 1.17. The lowest BCUT2D eigenvalue weighted by Gasteiger charge is -2.39. The highest BCUT2D eigenvalue weighted by Gasteiger charge is 2.43. The fourth-order valence-corrected chi connectivity index (χ4v) is 17.1. The molecule has 6 heterocycles. The summed E-state index contributed by atoms with van der Waals surface area (Å²) < 4.78 is 14.5. The van der Waals surface area contributed by atoms with Gasteiger partial charge in [-0.15, -0.1) is 22.7 Å². The molecule has 0 spiro atoms. The van der Waals surface area contributed by atoms with E-state index in [4.69, 9.17) is 0 Å². The third kappa shape index (κ3) is 5.99. The number of hydrogen-bond acceptors (Lipinski definition) is 4. The number of thiophene rings is 2. The van der Waals surface area contributed by atoms with Crippen molar-refractivity contribution in [1.82, 2.24) is 18.3 Å². The van der Waals surface area contributed by atoms with Gasteiger partial charge in [0.2, 0.25) is 0 Å². The van der Waals surface area contributed by atoms with Crippen LogP contribution in [0.25, 0.3) is 139 Å². The van der Waals surface area contributed by atoms with E-state index in [0.29, 0.717) is 16.7 Å². The van der Waals surface area contributed by atoms with Crippen LogP contribution in [0.5, 0.6) is 0 Å². The van der Waals surface area contributed by atoms with Crippen molar-refractivity contribution in [3.63, 3.8) is 0 Å². The number of benzene rings is 11. The molecule has 82 heavy (non-hydrogen) atoms. The van der Waals surface area contributed by atoms with Gasteiger partial charge >= 0.3 is 0 Å². The first kappa shape index (κ1) is 46.9. The highest BCUT2D eigenvalue weighted by molar-refractivity contribution is 7.26. The number of para-hydroxylation sites is 6. The van der Waals surface area contributed by atoms with Crippen molar-refractivity contribution in [2.75, 3.05) is 0 Å². The van der Waals surface area contributed by atoms with Crippen molar-refractivity contribution >= 4 is 150 Å². The third-order valence-electron chi connectivity index (χ3n) is 18.0. The number of nitriles is 2. The lowest BCUT2D eigenvalue weighted by Crippen LogP contribution is -2.35. The zero-order valence-corrected chi connectivity index (χ0v) is 46.9. The second kappa shape index (κ2) is 16.8. The molecule has 0 atom stereocenters. The van der Waals surface area contributed by atoms with Crippen LogP contribution in [-0.4, -0.2) is 18.3 Å². The fraction of sp³-hybridized carbons (Fsp3) is 0.0811. The standard InChI is InChI=1S/C74H48N6S2/c1-73(2,79-55-31-15-5-21-43(55)44-22-6-16-32-56(44)79)69-51(41-75)71(77-53-29-13-9-25-47(53)65-59(77)37-39-63-67(65)49-27-11-19-35-61(49)81-63)70(74(3,4)80-57-33-17-7-23-45(57)46-24-8-18-34-58(46)80)72(52(69)42-76)78-54-30-14-10-26-48(54)66-60(78)38-40-64-68(66)50-28-12-20-36-62(50)82-64/h5-40H,1-4H3. The van der Waals surface area contributed by atoms with Gasteiger partial charge in [-0.05, 0) is 100 Å². The number of aromatic nitrogens is 4. The maximum absolute atomic E-state index is 12.9. The van der Waals surface area contributed by atoms with E-state index in [1.807, 2.05) is 22.7 Å². The van der Waals surface area contributed by atoms with E-state index in [1.165, 1.54) is 40.3 Å². The second-order valence-electron chi connectivity index (χ2n) is 22.8. The molecule has 8 heteroatoms. The molecule has 0 aliphatic carbocycles. The summed E-state index contributed by atoms with van der Waals surface area (Å²) in [5, 5.41) is 39.4. The molecule has 0 saturated carbocycles. The van der Waals surface area contributed by atoms with Gasteiger partial charge in [-0.25, -0.2) is 0 Å². The molecular formula is C74H48N6S2. The van der Waals surface area contributed by atoms with Gasteiger partial charge < -0.3 is 18.3 Å². The minimum atomic E-state index is -1.04. The Kier molecular flexibility index (Phi) is 9.61. The van der Waals surface area contributed by atoms with Gasteiger partial charge in [0.25, 0.3) is 0 Å². The molecule has 0 aliphatic heterocycles. The number of fused-ring (bicyclic) bond motifs is 20. The molecular weight excluding hydrogens is 1040 g/mol. The largest absolute Gasteiger partial charge is 0.331 e. The summed E-state index contributed by atoms with van der Waals surface area (Å²) in [7, 11) is 0. The molecule has 6 aromatic heterocycles. The summed E-state index contributed by atoms with van der Waals surface area (Å²) in [5.41, 5.74) is 9.89. The molecule has 386 valence electrons. The number of hydrogen-bond donors (Lipinski definition) is 0. The molecule has 6 nitrogen and oxygen atoms in total. The summed E-state index contributed by atoms with van der Waals surface area (Å²) in [6, 6.07) is 84.6. The van der Waals surface area contributed by atoms with E-state index in [1.54, 1.807) is 0 Å². The molecule has 0 bridgehead atoms. The average Bonchev–Trinajstić information content (AvgIpc) is 3.48. The lowest BCUT2D eigenvalue weighted by atomic mass is 9.78. The maximum Gasteiger partial charge on any atom is 0.102 e. The molecule has 0 radical (unpaired) electrons. The van der Waals surface area contributed by atoms with Gasteiger partial charge in [0.15, 0.2) is 0 Å². The summed E-state index contributed by atoms with van der Waals surface area (Å²) in [6.07, 6.45) is 0. The minimum absolute atomic E-state index is 0.445. The van der Waals surface area contributed by atoms with Crippen LogP contribution >= 0.6 is 22.7 Å². The van der Waals surface area contributed by atoms with Gasteiger partial charge in [0.05, 0.1) is 55.6 Å².